The largest absolute Gasteiger partial charge is 0.456 e. The van der Waals surface area contributed by atoms with Crippen molar-refractivity contribution in [2.75, 3.05) is 4.90 Å². The predicted octanol–water partition coefficient (Wildman–Crippen LogP) is 15.7. The molecule has 0 spiro atoms. The van der Waals surface area contributed by atoms with E-state index < -0.39 is 0 Å². The van der Waals surface area contributed by atoms with Crippen molar-refractivity contribution in [3.05, 3.63) is 199 Å². The minimum absolute atomic E-state index is 0.189. The molecule has 0 atom stereocenters. The molecule has 2 heterocycles. The summed E-state index contributed by atoms with van der Waals surface area (Å²) in [7, 11) is 0. The van der Waals surface area contributed by atoms with Crippen LogP contribution in [0.3, 0.4) is 0 Å². The van der Waals surface area contributed by atoms with E-state index in [0.717, 1.165) is 82.9 Å². The van der Waals surface area contributed by atoms with Crippen LogP contribution in [0.25, 0.3) is 88.0 Å². The van der Waals surface area contributed by atoms with Crippen molar-refractivity contribution >= 4 is 71.7 Å². The van der Waals surface area contributed by atoms with Crippen molar-refractivity contribution in [3.8, 4) is 33.4 Å². The Morgan fingerprint density at radius 2 is 1.05 bits per heavy atom. The Balaban J connectivity index is 0.998. The number of rotatable bonds is 5. The minimum Gasteiger partial charge on any atom is -0.456 e. The van der Waals surface area contributed by atoms with Crippen LogP contribution in [0.5, 0.6) is 0 Å². The third-order valence-electron chi connectivity index (χ3n) is 12.5. The Hall–Kier alpha value is -7.36. The summed E-state index contributed by atoms with van der Waals surface area (Å²) in [5.41, 5.74) is 16.8. The van der Waals surface area contributed by atoms with Gasteiger partial charge in [-0.25, -0.2) is 0 Å². The molecule has 0 saturated heterocycles. The molecule has 11 aromatic rings. The first-order valence-electron chi connectivity index (χ1n) is 20.0. The van der Waals surface area contributed by atoms with E-state index >= 15 is 0 Å². The Bertz CT molecular complexity index is 3420. The Morgan fingerprint density at radius 3 is 1.90 bits per heavy atom. The van der Waals surface area contributed by atoms with E-state index in [2.05, 4.69) is 195 Å². The maximum atomic E-state index is 6.56. The number of furan rings is 2. The Labute approximate surface area is 336 Å². The lowest BCUT2D eigenvalue weighted by molar-refractivity contribution is 0.661. The van der Waals surface area contributed by atoms with Gasteiger partial charge in [-0.1, -0.05) is 141 Å². The van der Waals surface area contributed by atoms with E-state index in [1.54, 1.807) is 0 Å². The summed E-state index contributed by atoms with van der Waals surface area (Å²) in [4.78, 5) is 2.44. The summed E-state index contributed by atoms with van der Waals surface area (Å²) in [6.07, 6.45) is 0. The molecule has 274 valence electrons. The van der Waals surface area contributed by atoms with Crippen molar-refractivity contribution < 1.29 is 8.83 Å². The summed E-state index contributed by atoms with van der Waals surface area (Å²) in [5, 5.41) is 6.86. The molecule has 0 amide bonds. The molecule has 3 nitrogen and oxygen atoms in total. The quantitative estimate of drug-likeness (QED) is 0.176. The van der Waals surface area contributed by atoms with E-state index in [9.17, 15) is 0 Å². The van der Waals surface area contributed by atoms with Gasteiger partial charge in [0.25, 0.3) is 0 Å². The van der Waals surface area contributed by atoms with Crippen LogP contribution in [0, 0.1) is 0 Å². The van der Waals surface area contributed by atoms with Crippen LogP contribution in [-0.4, -0.2) is 0 Å². The summed E-state index contributed by atoms with van der Waals surface area (Å²) in [5.74, 6) is 0. The first-order valence-corrected chi connectivity index (χ1v) is 20.0. The Morgan fingerprint density at radius 1 is 0.414 bits per heavy atom. The molecule has 0 aliphatic heterocycles. The van der Waals surface area contributed by atoms with Gasteiger partial charge in [0.15, 0.2) is 0 Å². The predicted molar refractivity (Wildman–Crippen MR) is 242 cm³/mol. The highest BCUT2D eigenvalue weighted by molar-refractivity contribution is 6.19. The molecule has 0 bridgehead atoms. The van der Waals surface area contributed by atoms with E-state index in [-0.39, 0.29) is 5.41 Å². The van der Waals surface area contributed by atoms with Crippen molar-refractivity contribution in [1.82, 2.24) is 0 Å². The summed E-state index contributed by atoms with van der Waals surface area (Å²) < 4.78 is 12.7. The number of fused-ring (bicyclic) bond motifs is 11. The van der Waals surface area contributed by atoms with Gasteiger partial charge in [-0.05, 0) is 111 Å². The van der Waals surface area contributed by atoms with E-state index in [1.165, 1.54) is 33.3 Å². The van der Waals surface area contributed by atoms with E-state index in [1.807, 2.05) is 12.1 Å². The molecule has 0 saturated carbocycles. The lowest BCUT2D eigenvalue weighted by atomic mass is 9.81. The highest BCUT2D eigenvalue weighted by atomic mass is 16.3. The molecule has 0 fully saturated rings. The van der Waals surface area contributed by atoms with Crippen LogP contribution >= 0.6 is 0 Å². The fourth-order valence-electron chi connectivity index (χ4n) is 9.73. The number of nitrogens with zero attached hydrogens (tertiary/aromatic N) is 1. The zero-order valence-corrected chi connectivity index (χ0v) is 32.2. The third-order valence-corrected chi connectivity index (χ3v) is 12.5. The maximum Gasteiger partial charge on any atom is 0.143 e. The second kappa shape index (κ2) is 12.3. The maximum absolute atomic E-state index is 6.56. The molecular weight excluding hydrogens is 707 g/mol. The van der Waals surface area contributed by atoms with Crippen molar-refractivity contribution in [2.24, 2.45) is 0 Å². The first-order chi connectivity index (χ1) is 28.5. The molecule has 12 rings (SSSR count). The highest BCUT2D eigenvalue weighted by Crippen LogP contribution is 2.54. The van der Waals surface area contributed by atoms with Crippen LogP contribution in [0.15, 0.2) is 197 Å². The number of anilines is 3. The number of hydrogen-bond donors (Lipinski definition) is 0. The average Bonchev–Trinajstić information content (AvgIpc) is 3.92. The highest BCUT2D eigenvalue weighted by Gasteiger charge is 2.38. The fraction of sp³-hybridized carbons (Fsp3) is 0.0545. The summed E-state index contributed by atoms with van der Waals surface area (Å²) in [6, 6.07) is 67.8. The van der Waals surface area contributed by atoms with Gasteiger partial charge in [0.2, 0.25) is 0 Å². The van der Waals surface area contributed by atoms with Gasteiger partial charge in [0, 0.05) is 43.7 Å². The van der Waals surface area contributed by atoms with Gasteiger partial charge < -0.3 is 13.7 Å². The average molecular weight is 744 g/mol. The molecular formula is C55H37NO2. The van der Waals surface area contributed by atoms with Crippen LogP contribution in [0.4, 0.5) is 17.1 Å². The van der Waals surface area contributed by atoms with Crippen molar-refractivity contribution in [3.63, 3.8) is 0 Å². The molecule has 58 heavy (non-hydrogen) atoms. The molecule has 9 aromatic carbocycles. The summed E-state index contributed by atoms with van der Waals surface area (Å²) >= 11 is 0. The van der Waals surface area contributed by atoms with Gasteiger partial charge in [-0.3, -0.25) is 0 Å². The number of hydrogen-bond acceptors (Lipinski definition) is 3. The van der Waals surface area contributed by atoms with E-state index in [0.29, 0.717) is 0 Å². The lowest BCUT2D eigenvalue weighted by Gasteiger charge is -2.32. The molecule has 1 aliphatic rings. The topological polar surface area (TPSA) is 29.5 Å². The summed E-state index contributed by atoms with van der Waals surface area (Å²) in [6.45, 7) is 4.72. The SMILES string of the molecule is CC1(C)c2ccccc2-c2cccc(N(c3ccc(-c4ccc5oc6ccccc6c5c4)cc3)c3ccc(-c4cccc5oc6c7ccccc7ccc6c45)cc3)c21. The number of para-hydroxylation sites is 1. The normalized spacial score (nSPS) is 13.1. The van der Waals surface area contributed by atoms with Crippen LogP contribution in [0.2, 0.25) is 0 Å². The van der Waals surface area contributed by atoms with Crippen LogP contribution in [-0.2, 0) is 5.41 Å². The second-order valence-corrected chi connectivity index (χ2v) is 16.1. The molecule has 0 N–H and O–H groups in total. The third kappa shape index (κ3) is 4.80. The first kappa shape index (κ1) is 32.8. The monoisotopic (exact) mass is 743 g/mol. The Kier molecular flexibility index (Phi) is 6.98. The van der Waals surface area contributed by atoms with Gasteiger partial charge in [0.05, 0.1) is 5.69 Å². The second-order valence-electron chi connectivity index (χ2n) is 16.1. The smallest absolute Gasteiger partial charge is 0.143 e. The molecule has 0 radical (unpaired) electrons. The van der Waals surface area contributed by atoms with Crippen LogP contribution in [0.1, 0.15) is 25.0 Å². The number of benzene rings is 9. The fourth-order valence-corrected chi connectivity index (χ4v) is 9.73. The van der Waals surface area contributed by atoms with Gasteiger partial charge in [-0.2, -0.15) is 0 Å². The molecule has 2 aromatic heterocycles. The molecule has 0 unspecified atom stereocenters. The van der Waals surface area contributed by atoms with Crippen molar-refractivity contribution in [1.29, 1.82) is 0 Å². The van der Waals surface area contributed by atoms with Gasteiger partial charge in [0.1, 0.15) is 22.3 Å². The zero-order valence-electron chi connectivity index (χ0n) is 32.2. The standard InChI is InChI=1S/C55H37NO2/c1-55(2)47-17-7-5-13-42(47)44-16-9-18-48(53(44)55)56(38-27-21-34(22-28-38)37-26-32-50-46(33-37)43-14-6-8-19-49(43)57-50)39-29-23-36(24-30-39)40-15-10-20-51-52(40)45-31-25-35-11-3-4-12-41(35)54(45)58-51/h3-33H,1-2H3. The van der Waals surface area contributed by atoms with Crippen LogP contribution < -0.4 is 4.90 Å². The minimum atomic E-state index is -0.189. The van der Waals surface area contributed by atoms with Gasteiger partial charge >= 0.3 is 0 Å². The molecule has 3 heteroatoms. The van der Waals surface area contributed by atoms with Gasteiger partial charge in [-0.15, -0.1) is 0 Å². The lowest BCUT2D eigenvalue weighted by Crippen LogP contribution is -2.20. The molecule has 1 aliphatic carbocycles. The van der Waals surface area contributed by atoms with Crippen molar-refractivity contribution in [2.45, 2.75) is 19.3 Å². The van der Waals surface area contributed by atoms with E-state index in [4.69, 9.17) is 8.83 Å². The zero-order chi connectivity index (χ0) is 38.5.